The van der Waals surface area contributed by atoms with E-state index in [4.69, 9.17) is 4.74 Å². The topological polar surface area (TPSA) is 95.9 Å². The van der Waals surface area contributed by atoms with Gasteiger partial charge in [0.05, 0.1) is 25.2 Å². The number of carbonyl (C=O) groups excluding carboxylic acids is 2. The molecule has 61 heavy (non-hydrogen) atoms. The molecular weight excluding hydrogens is 755 g/mol. The van der Waals surface area contributed by atoms with E-state index in [0.29, 0.717) is 19.3 Å². The number of rotatable bonds is 50. The van der Waals surface area contributed by atoms with Gasteiger partial charge in [-0.15, -0.1) is 0 Å². The van der Waals surface area contributed by atoms with Crippen LogP contribution < -0.4 is 5.32 Å². The third-order valence-corrected chi connectivity index (χ3v) is 12.8. The fourth-order valence-electron chi connectivity index (χ4n) is 8.66. The van der Waals surface area contributed by atoms with E-state index in [9.17, 15) is 19.8 Å². The van der Waals surface area contributed by atoms with Crippen LogP contribution in [0.5, 0.6) is 0 Å². The molecule has 0 aromatic rings. The van der Waals surface area contributed by atoms with Gasteiger partial charge in [-0.1, -0.05) is 251 Å². The van der Waals surface area contributed by atoms with Crippen molar-refractivity contribution in [2.24, 2.45) is 0 Å². The van der Waals surface area contributed by atoms with Crippen molar-refractivity contribution in [3.05, 3.63) is 12.2 Å². The van der Waals surface area contributed by atoms with E-state index >= 15 is 0 Å². The standard InChI is InChI=1S/C55H107NO5/c1-4-7-10-13-16-19-22-24-25-26-27-28-30-33-36-39-42-45-48-55(60)61-51(46-43-40-37-34-32-29-23-20-17-14-11-8-5-2)49-54(59)56-52(50-57)53(58)47-44-41-38-35-31-21-18-15-12-9-6-3/h20,23,51-53,57-58H,4-19,21-22,24-50H2,1-3H3,(H,56,59)/b23-20-. The first-order valence-corrected chi connectivity index (χ1v) is 27.4. The Hall–Kier alpha value is -1.40. The molecule has 362 valence electrons. The van der Waals surface area contributed by atoms with Gasteiger partial charge in [-0.2, -0.15) is 0 Å². The van der Waals surface area contributed by atoms with Crippen molar-refractivity contribution in [1.82, 2.24) is 5.32 Å². The molecule has 0 radical (unpaired) electrons. The van der Waals surface area contributed by atoms with E-state index in [1.807, 2.05) is 0 Å². The van der Waals surface area contributed by atoms with Crippen LogP contribution in [0.1, 0.15) is 303 Å². The Bertz CT molecular complexity index is 924. The highest BCUT2D eigenvalue weighted by Crippen LogP contribution is 2.19. The Morgan fingerprint density at radius 3 is 1.18 bits per heavy atom. The van der Waals surface area contributed by atoms with Crippen LogP contribution in [0.15, 0.2) is 12.2 Å². The van der Waals surface area contributed by atoms with Crippen molar-refractivity contribution >= 4 is 11.9 Å². The molecule has 0 bridgehead atoms. The number of aliphatic hydroxyl groups is 2. The summed E-state index contributed by atoms with van der Waals surface area (Å²) < 4.78 is 5.95. The van der Waals surface area contributed by atoms with Crippen LogP contribution in [-0.2, 0) is 14.3 Å². The zero-order chi connectivity index (χ0) is 44.5. The lowest BCUT2D eigenvalue weighted by molar-refractivity contribution is -0.151. The Morgan fingerprint density at radius 2 is 0.787 bits per heavy atom. The van der Waals surface area contributed by atoms with Crippen molar-refractivity contribution in [2.45, 2.75) is 322 Å². The maximum atomic E-state index is 13.2. The molecule has 0 aliphatic heterocycles. The summed E-state index contributed by atoms with van der Waals surface area (Å²) in [6.45, 7) is 6.49. The van der Waals surface area contributed by atoms with Crippen LogP contribution in [0.25, 0.3) is 0 Å². The lowest BCUT2D eigenvalue weighted by atomic mass is 10.0. The van der Waals surface area contributed by atoms with Crippen LogP contribution in [0, 0.1) is 0 Å². The van der Waals surface area contributed by atoms with Crippen LogP contribution in [0.2, 0.25) is 0 Å². The minimum atomic E-state index is -0.783. The number of nitrogens with one attached hydrogen (secondary N) is 1. The minimum absolute atomic E-state index is 0.0789. The molecule has 0 heterocycles. The summed E-state index contributed by atoms with van der Waals surface area (Å²) in [4.78, 5) is 26.2. The molecule has 3 unspecified atom stereocenters. The normalized spacial score (nSPS) is 13.2. The Morgan fingerprint density at radius 1 is 0.459 bits per heavy atom. The Labute approximate surface area is 380 Å². The van der Waals surface area contributed by atoms with E-state index in [0.717, 1.165) is 57.8 Å². The first-order valence-electron chi connectivity index (χ1n) is 27.4. The average Bonchev–Trinajstić information content (AvgIpc) is 3.25. The second kappa shape index (κ2) is 49.6. The molecule has 0 rings (SSSR count). The lowest BCUT2D eigenvalue weighted by Crippen LogP contribution is -2.46. The molecule has 0 aromatic heterocycles. The van der Waals surface area contributed by atoms with Crippen LogP contribution in [-0.4, -0.2) is 46.9 Å². The SMILES string of the molecule is CCCCCC/C=C\CCCCCCCC(CC(=O)NC(CO)C(O)CCCCCCCCCCCCC)OC(=O)CCCCCCCCCCCCCCCCCCCC. The summed E-state index contributed by atoms with van der Waals surface area (Å²) in [6, 6.07) is -0.697. The summed E-state index contributed by atoms with van der Waals surface area (Å²) in [7, 11) is 0. The molecule has 0 spiro atoms. The zero-order valence-electron chi connectivity index (χ0n) is 41.3. The van der Waals surface area contributed by atoms with Gasteiger partial charge in [-0.3, -0.25) is 9.59 Å². The molecule has 1 amide bonds. The van der Waals surface area contributed by atoms with Crippen LogP contribution in [0.3, 0.4) is 0 Å². The third kappa shape index (κ3) is 45.0. The molecule has 3 N–H and O–H groups in total. The second-order valence-electron chi connectivity index (χ2n) is 19.0. The molecule has 6 nitrogen and oxygen atoms in total. The van der Waals surface area contributed by atoms with Gasteiger partial charge in [0.25, 0.3) is 0 Å². The molecular formula is C55H107NO5. The van der Waals surface area contributed by atoms with Gasteiger partial charge < -0.3 is 20.3 Å². The highest BCUT2D eigenvalue weighted by molar-refractivity contribution is 5.77. The first-order chi connectivity index (χ1) is 30.0. The van der Waals surface area contributed by atoms with Gasteiger partial charge in [0.1, 0.15) is 6.10 Å². The van der Waals surface area contributed by atoms with Gasteiger partial charge in [-0.05, 0) is 51.4 Å². The maximum Gasteiger partial charge on any atom is 0.306 e. The van der Waals surface area contributed by atoms with Crippen molar-refractivity contribution < 1.29 is 24.5 Å². The van der Waals surface area contributed by atoms with E-state index in [2.05, 4.69) is 38.2 Å². The number of hydrogen-bond donors (Lipinski definition) is 3. The largest absolute Gasteiger partial charge is 0.462 e. The number of esters is 1. The summed E-state index contributed by atoms with van der Waals surface area (Å²) >= 11 is 0. The third-order valence-electron chi connectivity index (χ3n) is 12.8. The highest BCUT2D eigenvalue weighted by atomic mass is 16.5. The number of carbonyl (C=O) groups is 2. The van der Waals surface area contributed by atoms with Crippen LogP contribution >= 0.6 is 0 Å². The van der Waals surface area contributed by atoms with Crippen molar-refractivity contribution in [1.29, 1.82) is 0 Å². The average molecular weight is 862 g/mol. The molecule has 6 heteroatoms. The summed E-state index contributed by atoms with van der Waals surface area (Å²) in [5, 5.41) is 23.8. The van der Waals surface area contributed by atoms with Crippen LogP contribution in [0.4, 0.5) is 0 Å². The summed E-state index contributed by atoms with van der Waals surface area (Å²) in [5.74, 6) is -0.463. The van der Waals surface area contributed by atoms with Gasteiger partial charge in [0.15, 0.2) is 0 Å². The first kappa shape index (κ1) is 59.6. The predicted octanol–water partition coefficient (Wildman–Crippen LogP) is 16.5. The van der Waals surface area contributed by atoms with Gasteiger partial charge in [0, 0.05) is 6.42 Å². The smallest absolute Gasteiger partial charge is 0.306 e. The Kier molecular flexibility index (Phi) is 48.5. The van der Waals surface area contributed by atoms with E-state index in [1.54, 1.807) is 0 Å². The molecule has 0 saturated carbocycles. The van der Waals surface area contributed by atoms with Crippen molar-refractivity contribution in [3.63, 3.8) is 0 Å². The maximum absolute atomic E-state index is 13.2. The fraction of sp³-hybridized carbons (Fsp3) is 0.927. The fourth-order valence-corrected chi connectivity index (χ4v) is 8.66. The van der Waals surface area contributed by atoms with E-state index < -0.39 is 18.2 Å². The molecule has 0 fully saturated rings. The van der Waals surface area contributed by atoms with Crippen molar-refractivity contribution in [3.8, 4) is 0 Å². The number of aliphatic hydroxyl groups excluding tert-OH is 2. The molecule has 0 aromatic carbocycles. The summed E-state index contributed by atoms with van der Waals surface area (Å²) in [6.07, 6.45) is 55.6. The number of hydrogen-bond acceptors (Lipinski definition) is 5. The zero-order valence-corrected chi connectivity index (χ0v) is 41.3. The van der Waals surface area contributed by atoms with Gasteiger partial charge >= 0.3 is 5.97 Å². The minimum Gasteiger partial charge on any atom is -0.462 e. The molecule has 3 atom stereocenters. The number of ether oxygens (including phenoxy) is 1. The summed E-state index contributed by atoms with van der Waals surface area (Å²) in [5.41, 5.74) is 0. The highest BCUT2D eigenvalue weighted by Gasteiger charge is 2.24. The predicted molar refractivity (Wildman–Crippen MR) is 264 cm³/mol. The monoisotopic (exact) mass is 862 g/mol. The Balaban J connectivity index is 4.48. The molecule has 0 aliphatic carbocycles. The van der Waals surface area contributed by atoms with Crippen molar-refractivity contribution in [2.75, 3.05) is 6.61 Å². The molecule has 0 saturated heterocycles. The van der Waals surface area contributed by atoms with Gasteiger partial charge in [0.2, 0.25) is 5.91 Å². The lowest BCUT2D eigenvalue weighted by Gasteiger charge is -2.24. The number of amides is 1. The number of unbranched alkanes of at least 4 members (excludes halogenated alkanes) is 36. The van der Waals surface area contributed by atoms with Gasteiger partial charge in [-0.25, -0.2) is 0 Å². The van der Waals surface area contributed by atoms with E-state index in [-0.39, 0.29) is 24.9 Å². The van der Waals surface area contributed by atoms with E-state index in [1.165, 1.54) is 199 Å². The molecule has 0 aliphatic rings. The number of allylic oxidation sites excluding steroid dienone is 2. The second-order valence-corrected chi connectivity index (χ2v) is 19.0. The quantitative estimate of drug-likeness (QED) is 0.0322.